The Morgan fingerprint density at radius 1 is 1.09 bits per heavy atom. The van der Waals surface area contributed by atoms with E-state index in [1.54, 1.807) is 19.3 Å². The number of piperidine rings is 1. The normalized spacial score (nSPS) is 21.0. The van der Waals surface area contributed by atoms with Crippen molar-refractivity contribution in [3.05, 3.63) is 65.0 Å². The van der Waals surface area contributed by atoms with E-state index in [0.717, 1.165) is 55.7 Å². The molecular weight excluding hydrogens is 434 g/mol. The van der Waals surface area contributed by atoms with Gasteiger partial charge in [-0.3, -0.25) is 9.78 Å². The van der Waals surface area contributed by atoms with Gasteiger partial charge >= 0.3 is 0 Å². The molecule has 0 bridgehead atoms. The highest BCUT2D eigenvalue weighted by atomic mass is 16.3. The Kier molecular flexibility index (Phi) is 6.83. The molecule has 0 saturated carbocycles. The average molecular weight is 474 g/mol. The Morgan fingerprint density at radius 3 is 2.26 bits per heavy atom. The number of pyridine rings is 1. The second-order valence-corrected chi connectivity index (χ2v) is 11.5. The van der Waals surface area contributed by atoms with Gasteiger partial charge in [-0.1, -0.05) is 56.9 Å². The second-order valence-electron chi connectivity index (χ2n) is 11.5. The summed E-state index contributed by atoms with van der Waals surface area (Å²) in [6.07, 6.45) is 5.30. The van der Waals surface area contributed by atoms with Gasteiger partial charge in [-0.05, 0) is 49.9 Å². The summed E-state index contributed by atoms with van der Waals surface area (Å²) in [6.45, 7) is 13.4. The Morgan fingerprint density at radius 2 is 1.71 bits per heavy atom. The Labute approximate surface area is 210 Å². The molecule has 186 valence electrons. The van der Waals surface area contributed by atoms with Crippen LogP contribution in [0.15, 0.2) is 42.7 Å². The molecule has 2 aliphatic heterocycles. The van der Waals surface area contributed by atoms with Gasteiger partial charge in [0.25, 0.3) is 0 Å². The van der Waals surface area contributed by atoms with E-state index in [0.29, 0.717) is 5.92 Å². The standard InChI is InChI=1S/C30H39N3O2/c1-22(2)25-7-9-26(10-8-25)30(35,29(5)20-32(6)21-29)27-17-24(18-31-19-27)11-12-28(4)13-15-33(16-14-28)23(3)34/h7-10,17-19,22,35H,13-16,20-21H2,1-6H3. The van der Waals surface area contributed by atoms with E-state index in [-0.39, 0.29) is 16.7 Å². The number of amides is 1. The zero-order valence-corrected chi connectivity index (χ0v) is 22.1. The lowest BCUT2D eigenvalue weighted by atomic mass is 9.62. The van der Waals surface area contributed by atoms with Crippen molar-refractivity contribution in [3.63, 3.8) is 0 Å². The number of carbonyl (C=O) groups excluding carboxylic acids is 1. The van der Waals surface area contributed by atoms with Gasteiger partial charge in [0.1, 0.15) is 5.60 Å². The fourth-order valence-corrected chi connectivity index (χ4v) is 5.72. The summed E-state index contributed by atoms with van der Waals surface area (Å²) < 4.78 is 0. The number of aromatic nitrogens is 1. The molecule has 1 aromatic heterocycles. The molecular formula is C30H39N3O2. The summed E-state index contributed by atoms with van der Waals surface area (Å²) in [6, 6.07) is 10.4. The summed E-state index contributed by atoms with van der Waals surface area (Å²) in [5.74, 6) is 7.38. The van der Waals surface area contributed by atoms with Crippen LogP contribution in [0.1, 0.15) is 75.6 Å². The fraction of sp³-hybridized carbons (Fsp3) is 0.533. The highest BCUT2D eigenvalue weighted by Crippen LogP contribution is 2.50. The van der Waals surface area contributed by atoms with Crippen molar-refractivity contribution in [1.29, 1.82) is 0 Å². The van der Waals surface area contributed by atoms with Gasteiger partial charge in [-0.2, -0.15) is 0 Å². The molecule has 0 aliphatic carbocycles. The molecule has 1 N–H and O–H groups in total. The van der Waals surface area contributed by atoms with Crippen LogP contribution in [0.5, 0.6) is 0 Å². The lowest BCUT2D eigenvalue weighted by Crippen LogP contribution is -2.63. The highest BCUT2D eigenvalue weighted by molar-refractivity contribution is 5.73. The summed E-state index contributed by atoms with van der Waals surface area (Å²) in [5.41, 5.74) is 2.12. The maximum atomic E-state index is 12.4. The molecule has 1 unspecified atom stereocenters. The van der Waals surface area contributed by atoms with Crippen LogP contribution in [-0.4, -0.2) is 59.0 Å². The van der Waals surface area contributed by atoms with Crippen LogP contribution in [0.25, 0.3) is 0 Å². The number of hydrogen-bond acceptors (Lipinski definition) is 4. The molecule has 4 rings (SSSR count). The van der Waals surface area contributed by atoms with Crippen LogP contribution >= 0.6 is 0 Å². The number of benzene rings is 1. The summed E-state index contributed by atoms with van der Waals surface area (Å²) in [4.78, 5) is 20.3. The van der Waals surface area contributed by atoms with E-state index in [9.17, 15) is 9.90 Å². The molecule has 2 aliphatic rings. The molecule has 0 spiro atoms. The molecule has 1 atom stereocenters. The maximum absolute atomic E-state index is 12.4. The summed E-state index contributed by atoms with van der Waals surface area (Å²) in [7, 11) is 2.09. The molecule has 5 heteroatoms. The zero-order valence-electron chi connectivity index (χ0n) is 22.1. The molecule has 2 saturated heterocycles. The van der Waals surface area contributed by atoms with Crippen LogP contribution in [0.3, 0.4) is 0 Å². The van der Waals surface area contributed by atoms with Gasteiger partial charge in [-0.15, -0.1) is 0 Å². The molecule has 5 nitrogen and oxygen atoms in total. The molecule has 2 aromatic rings. The first kappa shape index (κ1) is 25.4. The largest absolute Gasteiger partial charge is 0.380 e. The maximum Gasteiger partial charge on any atom is 0.219 e. The van der Waals surface area contributed by atoms with Crippen molar-refractivity contribution >= 4 is 5.91 Å². The minimum absolute atomic E-state index is 0.131. The van der Waals surface area contributed by atoms with Gasteiger partial charge in [0, 0.05) is 67.5 Å². The summed E-state index contributed by atoms with van der Waals surface area (Å²) in [5, 5.41) is 12.4. The van der Waals surface area contributed by atoms with Crippen molar-refractivity contribution in [1.82, 2.24) is 14.8 Å². The lowest BCUT2D eigenvalue weighted by Gasteiger charge is -2.55. The Bertz CT molecular complexity index is 1130. The van der Waals surface area contributed by atoms with E-state index in [1.165, 1.54) is 5.56 Å². The molecule has 0 radical (unpaired) electrons. The first-order chi connectivity index (χ1) is 16.5. The third kappa shape index (κ3) is 4.87. The Balaban J connectivity index is 1.67. The van der Waals surface area contributed by atoms with Crippen molar-refractivity contribution in [2.24, 2.45) is 10.8 Å². The van der Waals surface area contributed by atoms with E-state index in [1.807, 2.05) is 11.0 Å². The van der Waals surface area contributed by atoms with Crippen LogP contribution in [-0.2, 0) is 10.4 Å². The third-order valence-electron chi connectivity index (χ3n) is 8.08. The van der Waals surface area contributed by atoms with Crippen LogP contribution < -0.4 is 0 Å². The number of likely N-dealkylation sites (tertiary alicyclic amines) is 2. The predicted octanol–water partition coefficient (Wildman–Crippen LogP) is 4.39. The SMILES string of the molecule is CC(=O)N1CCC(C)(C#Cc2cncc(C(O)(c3ccc(C(C)C)cc3)C3(C)CN(C)C3)c2)CC1. The third-order valence-corrected chi connectivity index (χ3v) is 8.08. The van der Waals surface area contributed by atoms with Crippen molar-refractivity contribution in [3.8, 4) is 11.8 Å². The van der Waals surface area contributed by atoms with Crippen LogP contribution in [0.4, 0.5) is 0 Å². The second kappa shape index (κ2) is 9.41. The summed E-state index contributed by atoms with van der Waals surface area (Å²) >= 11 is 0. The van der Waals surface area contributed by atoms with Gasteiger partial charge in [0.05, 0.1) is 0 Å². The van der Waals surface area contributed by atoms with E-state index in [2.05, 4.69) is 80.7 Å². The van der Waals surface area contributed by atoms with Gasteiger partial charge in [0.15, 0.2) is 0 Å². The molecule has 3 heterocycles. The number of carbonyl (C=O) groups is 1. The average Bonchev–Trinajstić information content (AvgIpc) is 2.82. The lowest BCUT2D eigenvalue weighted by molar-refractivity contribution is -0.130. The first-order valence-electron chi connectivity index (χ1n) is 12.7. The molecule has 35 heavy (non-hydrogen) atoms. The minimum atomic E-state index is -1.17. The van der Waals surface area contributed by atoms with Gasteiger partial charge < -0.3 is 14.9 Å². The molecule has 1 aromatic carbocycles. The quantitative estimate of drug-likeness (QED) is 0.669. The number of hydrogen-bond donors (Lipinski definition) is 1. The number of nitrogens with zero attached hydrogens (tertiary/aromatic N) is 3. The highest BCUT2D eigenvalue weighted by Gasteiger charge is 2.55. The zero-order chi connectivity index (χ0) is 25.4. The first-order valence-corrected chi connectivity index (χ1v) is 12.7. The van der Waals surface area contributed by atoms with Crippen molar-refractivity contribution in [2.75, 3.05) is 33.2 Å². The number of aliphatic hydroxyl groups is 1. The van der Waals surface area contributed by atoms with Gasteiger partial charge in [0.2, 0.25) is 5.91 Å². The fourth-order valence-electron chi connectivity index (χ4n) is 5.72. The van der Waals surface area contributed by atoms with Gasteiger partial charge in [-0.25, -0.2) is 0 Å². The van der Waals surface area contributed by atoms with Crippen molar-refractivity contribution in [2.45, 2.75) is 59.0 Å². The van der Waals surface area contributed by atoms with Crippen LogP contribution in [0, 0.1) is 22.7 Å². The van der Waals surface area contributed by atoms with E-state index in [4.69, 9.17) is 0 Å². The van der Waals surface area contributed by atoms with Crippen molar-refractivity contribution < 1.29 is 9.90 Å². The topological polar surface area (TPSA) is 56.7 Å². The van der Waals surface area contributed by atoms with Crippen LogP contribution in [0.2, 0.25) is 0 Å². The number of rotatable bonds is 4. The van der Waals surface area contributed by atoms with E-state index < -0.39 is 5.60 Å². The van der Waals surface area contributed by atoms with E-state index >= 15 is 0 Å². The smallest absolute Gasteiger partial charge is 0.219 e. The Hall–Kier alpha value is -2.68. The molecule has 2 fully saturated rings. The predicted molar refractivity (Wildman–Crippen MR) is 140 cm³/mol. The minimum Gasteiger partial charge on any atom is -0.380 e. The molecule has 1 amide bonds. The monoisotopic (exact) mass is 473 g/mol.